The second-order valence-electron chi connectivity index (χ2n) is 3.49. The fourth-order valence-electron chi connectivity index (χ4n) is 0.828. The minimum Gasteiger partial charge on any atom is -0.326 e. The smallest absolute Gasteiger partial charge is 0.143 e. The number of rotatable bonds is 2. The van der Waals surface area contributed by atoms with Gasteiger partial charge in [-0.3, -0.25) is 4.48 Å². The first-order valence-corrected chi connectivity index (χ1v) is 4.51. The number of hydrogen-bond donors (Lipinski definition) is 1. The van der Waals surface area contributed by atoms with Crippen molar-refractivity contribution in [2.24, 2.45) is 5.73 Å². The van der Waals surface area contributed by atoms with E-state index in [9.17, 15) is 0 Å². The minimum atomic E-state index is 0.657. The molecule has 11 heavy (non-hydrogen) atoms. The van der Waals surface area contributed by atoms with Crippen LogP contribution in [0.2, 0.25) is 0 Å². The van der Waals surface area contributed by atoms with Crippen molar-refractivity contribution in [2.45, 2.75) is 6.54 Å². The van der Waals surface area contributed by atoms with Crippen LogP contribution in [-0.4, -0.2) is 21.1 Å². The van der Waals surface area contributed by atoms with E-state index in [1.807, 2.05) is 0 Å². The summed E-state index contributed by atoms with van der Waals surface area (Å²) in [5.74, 6) is 0. The largest absolute Gasteiger partial charge is 0.326 e. The molecule has 0 spiro atoms. The van der Waals surface area contributed by atoms with Crippen molar-refractivity contribution in [1.29, 1.82) is 0 Å². The molecule has 2 nitrogen and oxygen atoms in total. The molecule has 0 radical (unpaired) electrons. The predicted octanol–water partition coefficient (Wildman–Crippen LogP) is 1.40. The van der Waals surface area contributed by atoms with Gasteiger partial charge in [0.15, 0.2) is 0 Å². The number of nitrogens with zero attached hydrogens (tertiary/aromatic N) is 1. The van der Waals surface area contributed by atoms with Gasteiger partial charge in [0.25, 0.3) is 0 Å². The maximum absolute atomic E-state index is 5.51. The van der Waals surface area contributed by atoms with E-state index >= 15 is 0 Å². The maximum atomic E-state index is 5.51. The van der Waals surface area contributed by atoms with Crippen LogP contribution < -0.4 is 10.2 Å². The Balaban J connectivity index is 2.89. The zero-order valence-corrected chi connectivity index (χ0v) is 8.11. The second kappa shape index (κ2) is 2.93. The summed E-state index contributed by atoms with van der Waals surface area (Å²) in [5, 5.41) is 2.17. The first-order chi connectivity index (χ1) is 5.04. The van der Waals surface area contributed by atoms with Gasteiger partial charge in [0.1, 0.15) is 5.69 Å². The lowest BCUT2D eigenvalue weighted by Gasteiger charge is -2.21. The molecule has 0 unspecified atom stereocenters. The van der Waals surface area contributed by atoms with Crippen molar-refractivity contribution in [3.05, 3.63) is 16.3 Å². The lowest BCUT2D eigenvalue weighted by molar-refractivity contribution is 0.488. The summed E-state index contributed by atoms with van der Waals surface area (Å²) in [5.41, 5.74) is 6.84. The SMILES string of the molecule is C[N+](C)(C)c1csc(CN)c1. The van der Waals surface area contributed by atoms with Gasteiger partial charge in [0, 0.05) is 17.5 Å². The summed E-state index contributed by atoms with van der Waals surface area (Å²) >= 11 is 1.74. The molecule has 0 aromatic carbocycles. The van der Waals surface area contributed by atoms with Crippen molar-refractivity contribution in [1.82, 2.24) is 4.48 Å². The summed E-state index contributed by atoms with van der Waals surface area (Å²) in [7, 11) is 6.47. The monoisotopic (exact) mass is 171 g/mol. The summed E-state index contributed by atoms with van der Waals surface area (Å²) in [6, 6.07) is 2.17. The molecular formula is C8H15N2S+. The van der Waals surface area contributed by atoms with Crippen LogP contribution >= 0.6 is 11.3 Å². The molecule has 3 heteroatoms. The van der Waals surface area contributed by atoms with Crippen molar-refractivity contribution in [3.8, 4) is 0 Å². The third-order valence-electron chi connectivity index (χ3n) is 1.62. The van der Waals surface area contributed by atoms with E-state index in [1.54, 1.807) is 11.3 Å². The molecular weight excluding hydrogens is 156 g/mol. The van der Waals surface area contributed by atoms with Gasteiger partial charge in [0.05, 0.1) is 26.5 Å². The van der Waals surface area contributed by atoms with Crippen LogP contribution in [0.1, 0.15) is 4.88 Å². The molecule has 0 amide bonds. The fraction of sp³-hybridized carbons (Fsp3) is 0.500. The molecule has 0 atom stereocenters. The molecule has 1 rings (SSSR count). The first-order valence-electron chi connectivity index (χ1n) is 3.63. The summed E-state index contributed by atoms with van der Waals surface area (Å²) in [4.78, 5) is 1.26. The number of hydrogen-bond acceptors (Lipinski definition) is 2. The van der Waals surface area contributed by atoms with Gasteiger partial charge < -0.3 is 5.73 Å². The van der Waals surface area contributed by atoms with Crippen molar-refractivity contribution in [2.75, 3.05) is 21.1 Å². The minimum absolute atomic E-state index is 0.657. The summed E-state index contributed by atoms with van der Waals surface area (Å²) in [6.45, 7) is 0.657. The lowest BCUT2D eigenvalue weighted by Crippen LogP contribution is -2.34. The number of nitrogens with two attached hydrogens (primary N) is 1. The van der Waals surface area contributed by atoms with Crippen LogP contribution in [0.15, 0.2) is 11.4 Å². The fourth-order valence-corrected chi connectivity index (χ4v) is 1.77. The third kappa shape index (κ3) is 2.02. The van der Waals surface area contributed by atoms with Crippen LogP contribution in [0.25, 0.3) is 0 Å². The molecule has 0 bridgehead atoms. The quantitative estimate of drug-likeness (QED) is 0.669. The van der Waals surface area contributed by atoms with Crippen LogP contribution in [0, 0.1) is 0 Å². The zero-order chi connectivity index (χ0) is 8.48. The van der Waals surface area contributed by atoms with Gasteiger partial charge in [-0.05, 0) is 0 Å². The Bertz CT molecular complexity index is 234. The Hall–Kier alpha value is -0.380. The average molecular weight is 171 g/mol. The Kier molecular flexibility index (Phi) is 2.32. The van der Waals surface area contributed by atoms with Crippen LogP contribution in [-0.2, 0) is 6.54 Å². The summed E-state index contributed by atoms with van der Waals surface area (Å²) < 4.78 is 0.872. The van der Waals surface area contributed by atoms with E-state index in [-0.39, 0.29) is 0 Å². The highest BCUT2D eigenvalue weighted by molar-refractivity contribution is 7.10. The van der Waals surface area contributed by atoms with E-state index in [1.165, 1.54) is 10.6 Å². The second-order valence-corrected chi connectivity index (χ2v) is 4.48. The summed E-state index contributed by atoms with van der Waals surface area (Å²) in [6.07, 6.45) is 0. The molecule has 1 aromatic rings. The molecule has 62 valence electrons. The van der Waals surface area contributed by atoms with E-state index in [0.29, 0.717) is 6.54 Å². The molecule has 0 saturated carbocycles. The molecule has 1 aromatic heterocycles. The van der Waals surface area contributed by atoms with Gasteiger partial charge in [-0.25, -0.2) is 0 Å². The van der Waals surface area contributed by atoms with Crippen molar-refractivity contribution in [3.63, 3.8) is 0 Å². The highest BCUT2D eigenvalue weighted by Crippen LogP contribution is 2.24. The highest BCUT2D eigenvalue weighted by atomic mass is 32.1. The van der Waals surface area contributed by atoms with E-state index in [4.69, 9.17) is 5.73 Å². The van der Waals surface area contributed by atoms with Gasteiger partial charge in [0.2, 0.25) is 0 Å². The molecule has 0 fully saturated rings. The van der Waals surface area contributed by atoms with Crippen LogP contribution in [0.3, 0.4) is 0 Å². The van der Waals surface area contributed by atoms with Gasteiger partial charge in [-0.15, -0.1) is 11.3 Å². The molecule has 0 aliphatic carbocycles. The van der Waals surface area contributed by atoms with Crippen molar-refractivity contribution >= 4 is 17.0 Å². The highest BCUT2D eigenvalue weighted by Gasteiger charge is 2.13. The average Bonchev–Trinajstić information content (AvgIpc) is 2.32. The number of thiophene rings is 1. The number of quaternary nitrogens is 1. The zero-order valence-electron chi connectivity index (χ0n) is 7.29. The normalized spacial score (nSPS) is 12.0. The Labute approximate surface area is 71.8 Å². The Morgan fingerprint density at radius 3 is 2.36 bits per heavy atom. The third-order valence-corrected chi connectivity index (χ3v) is 2.56. The first kappa shape index (κ1) is 8.71. The van der Waals surface area contributed by atoms with Crippen LogP contribution in [0.4, 0.5) is 5.69 Å². The molecule has 1 heterocycles. The maximum Gasteiger partial charge on any atom is 0.143 e. The molecule has 0 saturated heterocycles. The standard InChI is InChI=1S/C8H15N2S/c1-10(2,3)7-4-8(5-9)11-6-7/h4,6H,5,9H2,1-3H3/q+1. The molecule has 0 aliphatic heterocycles. The van der Waals surface area contributed by atoms with Gasteiger partial charge in [-0.1, -0.05) is 0 Å². The topological polar surface area (TPSA) is 26.0 Å². The Morgan fingerprint density at radius 1 is 1.45 bits per heavy atom. The molecule has 0 aliphatic rings. The van der Waals surface area contributed by atoms with Gasteiger partial charge in [-0.2, -0.15) is 0 Å². The van der Waals surface area contributed by atoms with E-state index < -0.39 is 0 Å². The predicted molar refractivity (Wildman–Crippen MR) is 51.8 cm³/mol. The van der Waals surface area contributed by atoms with E-state index in [2.05, 4.69) is 32.6 Å². The van der Waals surface area contributed by atoms with Gasteiger partial charge >= 0.3 is 0 Å². The lowest BCUT2D eigenvalue weighted by atomic mass is 10.4. The Morgan fingerprint density at radius 2 is 2.09 bits per heavy atom. The van der Waals surface area contributed by atoms with Crippen LogP contribution in [0.5, 0.6) is 0 Å². The molecule has 2 N–H and O–H groups in total. The van der Waals surface area contributed by atoms with Crippen molar-refractivity contribution < 1.29 is 0 Å². The van der Waals surface area contributed by atoms with E-state index in [0.717, 1.165) is 4.48 Å².